The van der Waals surface area contributed by atoms with Crippen LogP contribution in [0.3, 0.4) is 0 Å². The van der Waals surface area contributed by atoms with Crippen LogP contribution < -0.4 is 19.5 Å². The first-order valence-electron chi connectivity index (χ1n) is 12.1. The molecule has 2 aliphatic carbocycles. The fourth-order valence-electron chi connectivity index (χ4n) is 7.41. The molecule has 36 heavy (non-hydrogen) atoms. The van der Waals surface area contributed by atoms with Crippen molar-refractivity contribution >= 4 is 5.97 Å². The van der Waals surface area contributed by atoms with Gasteiger partial charge in [-0.2, -0.15) is 0 Å². The second-order valence-electron chi connectivity index (χ2n) is 10.1. The monoisotopic (exact) mass is 497 g/mol. The smallest absolute Gasteiger partial charge is 0.338 e. The lowest BCUT2D eigenvalue weighted by Gasteiger charge is -2.59. The molecular formula is C26H27NO9. The predicted molar refractivity (Wildman–Crippen MR) is 122 cm³/mol. The first-order valence-corrected chi connectivity index (χ1v) is 12.1. The Morgan fingerprint density at radius 2 is 1.94 bits per heavy atom. The van der Waals surface area contributed by atoms with E-state index in [4.69, 9.17) is 28.4 Å². The summed E-state index contributed by atoms with van der Waals surface area (Å²) in [5, 5.41) is 25.2. The number of rotatable bonds is 4. The van der Waals surface area contributed by atoms with E-state index in [1.807, 2.05) is 12.1 Å². The SMILES string of the molecule is COc1cc(C(=O)O[C@@H]2C[C@]34CCN[C@@]35C[C@H](O[C@]5(OC)[C@@H]2O)c2cc3c(cc24)OCO3)ccc1O. The van der Waals surface area contributed by atoms with Gasteiger partial charge in [-0.05, 0) is 60.8 Å². The third-order valence-electron chi connectivity index (χ3n) is 8.87. The minimum absolute atomic E-state index is 0.0857. The second kappa shape index (κ2) is 7.25. The molecule has 2 aromatic rings. The number of phenolic OH excluding ortho intramolecular Hbond substituents is 1. The van der Waals surface area contributed by atoms with Gasteiger partial charge in [0.25, 0.3) is 0 Å². The first-order chi connectivity index (χ1) is 17.4. The van der Waals surface area contributed by atoms with E-state index in [1.165, 1.54) is 32.4 Å². The van der Waals surface area contributed by atoms with Gasteiger partial charge in [-0.3, -0.25) is 0 Å². The summed E-state index contributed by atoms with van der Waals surface area (Å²) in [4.78, 5) is 13.2. The molecular weight excluding hydrogens is 470 g/mol. The van der Waals surface area contributed by atoms with Crippen LogP contribution in [-0.2, 0) is 19.6 Å². The zero-order valence-corrected chi connectivity index (χ0v) is 19.9. The first kappa shape index (κ1) is 22.2. The Balaban J connectivity index is 1.33. The van der Waals surface area contributed by atoms with E-state index < -0.39 is 34.9 Å². The van der Waals surface area contributed by atoms with Crippen molar-refractivity contribution in [3.05, 3.63) is 47.0 Å². The van der Waals surface area contributed by atoms with Gasteiger partial charge in [-0.25, -0.2) is 4.79 Å². The van der Waals surface area contributed by atoms with E-state index >= 15 is 0 Å². The molecule has 1 saturated carbocycles. The minimum Gasteiger partial charge on any atom is -0.504 e. The predicted octanol–water partition coefficient (Wildman–Crippen LogP) is 1.91. The van der Waals surface area contributed by atoms with Crippen LogP contribution in [0.5, 0.6) is 23.0 Å². The van der Waals surface area contributed by atoms with Crippen molar-refractivity contribution in [3.8, 4) is 23.0 Å². The number of nitrogens with one attached hydrogen (secondary N) is 1. The van der Waals surface area contributed by atoms with Crippen molar-refractivity contribution < 1.29 is 43.4 Å². The summed E-state index contributed by atoms with van der Waals surface area (Å²) in [6.07, 6.45) is -0.771. The average molecular weight is 498 g/mol. The topological polar surface area (TPSA) is 125 Å². The molecule has 5 aliphatic rings. The Morgan fingerprint density at radius 3 is 2.72 bits per heavy atom. The summed E-state index contributed by atoms with van der Waals surface area (Å²) in [5.74, 6) is -0.665. The molecule has 2 saturated heterocycles. The second-order valence-corrected chi connectivity index (χ2v) is 10.1. The molecule has 3 aliphatic heterocycles. The Bertz CT molecular complexity index is 1280. The Morgan fingerprint density at radius 1 is 1.14 bits per heavy atom. The highest BCUT2D eigenvalue weighted by molar-refractivity contribution is 5.90. The summed E-state index contributed by atoms with van der Waals surface area (Å²) in [6.45, 7) is 0.856. The number of phenols is 1. The molecule has 6 atom stereocenters. The van der Waals surface area contributed by atoms with Gasteiger partial charge in [0.1, 0.15) is 12.2 Å². The minimum atomic E-state index is -1.44. The normalized spacial score (nSPS) is 36.8. The molecule has 0 unspecified atom stereocenters. The van der Waals surface area contributed by atoms with Gasteiger partial charge in [-0.15, -0.1) is 0 Å². The van der Waals surface area contributed by atoms with Gasteiger partial charge in [0.05, 0.1) is 24.3 Å². The number of hydrogen-bond donors (Lipinski definition) is 3. The molecule has 7 rings (SSSR count). The molecule has 3 fully saturated rings. The maximum atomic E-state index is 13.2. The molecule has 10 nitrogen and oxygen atoms in total. The molecule has 1 spiro atoms. The highest BCUT2D eigenvalue weighted by atomic mass is 16.7. The number of aliphatic hydroxyl groups is 1. The van der Waals surface area contributed by atoms with E-state index in [1.54, 1.807) is 0 Å². The van der Waals surface area contributed by atoms with Crippen molar-refractivity contribution in [2.24, 2.45) is 0 Å². The van der Waals surface area contributed by atoms with Crippen molar-refractivity contribution in [3.63, 3.8) is 0 Å². The lowest BCUT2D eigenvalue weighted by atomic mass is 9.51. The molecule has 2 aromatic carbocycles. The van der Waals surface area contributed by atoms with E-state index in [-0.39, 0.29) is 30.0 Å². The fourth-order valence-corrected chi connectivity index (χ4v) is 7.41. The summed E-state index contributed by atoms with van der Waals surface area (Å²) in [6, 6.07) is 8.22. The molecule has 0 aromatic heterocycles. The molecule has 3 heterocycles. The van der Waals surface area contributed by atoms with E-state index in [2.05, 4.69) is 5.32 Å². The lowest BCUT2D eigenvalue weighted by Crippen LogP contribution is -2.77. The Hall–Kier alpha value is -3.05. The van der Waals surface area contributed by atoms with Gasteiger partial charge in [0.2, 0.25) is 12.6 Å². The van der Waals surface area contributed by atoms with Gasteiger partial charge < -0.3 is 44.0 Å². The van der Waals surface area contributed by atoms with Crippen LogP contribution in [0.15, 0.2) is 30.3 Å². The van der Waals surface area contributed by atoms with Crippen molar-refractivity contribution in [1.82, 2.24) is 5.32 Å². The Labute approximate surface area is 207 Å². The molecule has 2 bridgehead atoms. The number of esters is 1. The number of aliphatic hydroxyl groups excluding tert-OH is 1. The molecule has 0 radical (unpaired) electrons. The maximum absolute atomic E-state index is 13.2. The third-order valence-corrected chi connectivity index (χ3v) is 8.87. The summed E-state index contributed by atoms with van der Waals surface area (Å²) < 4.78 is 35.1. The molecule has 190 valence electrons. The van der Waals surface area contributed by atoms with Gasteiger partial charge in [0, 0.05) is 18.9 Å². The number of carbonyl (C=O) groups excluding carboxylic acids is 1. The zero-order chi connectivity index (χ0) is 24.9. The van der Waals surface area contributed by atoms with Crippen molar-refractivity contribution in [2.45, 2.75) is 54.3 Å². The highest BCUT2D eigenvalue weighted by Crippen LogP contribution is 2.70. The summed E-state index contributed by atoms with van der Waals surface area (Å²) in [7, 11) is 2.93. The standard InChI is InChI=1S/C26H27NO9/c1-31-17-7-13(3-4-16(17)28)23(30)35-21-10-24-5-6-27-25(24)11-20(36-26(25,32-2)22(21)29)14-8-18-19(9-15(14)24)34-12-33-18/h3-4,7-9,20-22,27-29H,5-6,10-12H2,1-2H3/t20-,21+,22+,24-,25-,26+/m0/s1. The van der Waals surface area contributed by atoms with Crippen molar-refractivity contribution in [2.75, 3.05) is 27.6 Å². The van der Waals surface area contributed by atoms with Crippen LogP contribution in [-0.4, -0.2) is 67.3 Å². The van der Waals surface area contributed by atoms with E-state index in [9.17, 15) is 15.0 Å². The number of carbonyl (C=O) groups is 1. The summed E-state index contributed by atoms with van der Waals surface area (Å²) in [5.41, 5.74) is 0.988. The molecule has 0 amide bonds. The van der Waals surface area contributed by atoms with Gasteiger partial charge >= 0.3 is 5.97 Å². The number of hydrogen-bond acceptors (Lipinski definition) is 10. The number of ether oxygens (including phenoxy) is 6. The van der Waals surface area contributed by atoms with E-state index in [0.29, 0.717) is 30.9 Å². The third kappa shape index (κ3) is 2.47. The van der Waals surface area contributed by atoms with Crippen LogP contribution >= 0.6 is 0 Å². The quantitative estimate of drug-likeness (QED) is 0.540. The van der Waals surface area contributed by atoms with Gasteiger partial charge in [-0.1, -0.05) is 0 Å². The van der Waals surface area contributed by atoms with E-state index in [0.717, 1.165) is 17.5 Å². The lowest BCUT2D eigenvalue weighted by molar-refractivity contribution is -0.322. The largest absolute Gasteiger partial charge is 0.504 e. The number of fused-ring (bicyclic) bond motifs is 4. The number of aromatic hydroxyl groups is 1. The number of benzene rings is 2. The Kier molecular flexibility index (Phi) is 4.47. The van der Waals surface area contributed by atoms with Gasteiger partial charge in [0.15, 0.2) is 23.0 Å². The average Bonchev–Trinajstić information content (AvgIpc) is 3.59. The maximum Gasteiger partial charge on any atom is 0.338 e. The molecule has 3 N–H and O–H groups in total. The highest BCUT2D eigenvalue weighted by Gasteiger charge is 2.81. The van der Waals surface area contributed by atoms with Crippen LogP contribution in [0.4, 0.5) is 0 Å². The zero-order valence-electron chi connectivity index (χ0n) is 19.9. The number of methoxy groups -OCH3 is 2. The van der Waals surface area contributed by atoms with Crippen LogP contribution in [0, 0.1) is 0 Å². The molecule has 10 heteroatoms. The summed E-state index contributed by atoms with van der Waals surface area (Å²) >= 11 is 0. The van der Waals surface area contributed by atoms with Crippen molar-refractivity contribution in [1.29, 1.82) is 0 Å². The van der Waals surface area contributed by atoms with Crippen LogP contribution in [0.2, 0.25) is 0 Å². The van der Waals surface area contributed by atoms with Crippen LogP contribution in [0.1, 0.15) is 46.9 Å². The fraction of sp³-hybridized carbons (Fsp3) is 0.500. The van der Waals surface area contributed by atoms with Crippen LogP contribution in [0.25, 0.3) is 0 Å².